The predicted molar refractivity (Wildman–Crippen MR) is 87.4 cm³/mol. The van der Waals surface area contributed by atoms with Gasteiger partial charge in [-0.25, -0.2) is 4.98 Å². The van der Waals surface area contributed by atoms with Crippen molar-refractivity contribution in [2.75, 3.05) is 19.7 Å². The lowest BCUT2D eigenvalue weighted by Gasteiger charge is -2.21. The van der Waals surface area contributed by atoms with Crippen LogP contribution in [0.1, 0.15) is 42.9 Å². The number of aryl methyl sites for hydroxylation is 1. The Morgan fingerprint density at radius 3 is 2.74 bits per heavy atom. The SMILES string of the molecule is CCCN(CCC(=O)OCC)C(=O)c1c(C)nc2ccccn12. The van der Waals surface area contributed by atoms with E-state index < -0.39 is 0 Å². The number of fused-ring (bicyclic) bond motifs is 1. The van der Waals surface area contributed by atoms with Gasteiger partial charge in [0.05, 0.1) is 18.7 Å². The van der Waals surface area contributed by atoms with Crippen LogP contribution in [-0.2, 0) is 9.53 Å². The van der Waals surface area contributed by atoms with Crippen LogP contribution >= 0.6 is 0 Å². The normalized spacial score (nSPS) is 10.7. The highest BCUT2D eigenvalue weighted by Crippen LogP contribution is 2.15. The second-order valence-electron chi connectivity index (χ2n) is 5.32. The topological polar surface area (TPSA) is 63.9 Å². The fraction of sp³-hybridized carbons (Fsp3) is 0.471. The smallest absolute Gasteiger partial charge is 0.307 e. The molecule has 0 aromatic carbocycles. The first-order valence-electron chi connectivity index (χ1n) is 7.97. The third kappa shape index (κ3) is 3.88. The number of carbonyl (C=O) groups is 2. The van der Waals surface area contributed by atoms with Crippen LogP contribution in [-0.4, -0.2) is 45.9 Å². The molecule has 1 amide bonds. The van der Waals surface area contributed by atoms with Gasteiger partial charge in [-0.1, -0.05) is 13.0 Å². The van der Waals surface area contributed by atoms with Crippen molar-refractivity contribution in [1.82, 2.24) is 14.3 Å². The molecular formula is C17H23N3O3. The average molecular weight is 317 g/mol. The summed E-state index contributed by atoms with van der Waals surface area (Å²) in [7, 11) is 0. The minimum atomic E-state index is -0.281. The predicted octanol–water partition coefficient (Wildman–Crippen LogP) is 2.45. The Labute approximate surface area is 136 Å². The van der Waals surface area contributed by atoms with Crippen LogP contribution in [0.4, 0.5) is 0 Å². The van der Waals surface area contributed by atoms with Gasteiger partial charge in [-0.2, -0.15) is 0 Å². The van der Waals surface area contributed by atoms with Gasteiger partial charge in [-0.15, -0.1) is 0 Å². The molecule has 0 fully saturated rings. The van der Waals surface area contributed by atoms with Gasteiger partial charge in [0.15, 0.2) is 0 Å². The molecule has 0 aliphatic carbocycles. The molecule has 0 radical (unpaired) electrons. The van der Waals surface area contributed by atoms with Crippen LogP contribution in [0.15, 0.2) is 24.4 Å². The molecule has 0 bridgehead atoms. The number of ether oxygens (including phenoxy) is 1. The molecule has 0 unspecified atom stereocenters. The number of hydrogen-bond acceptors (Lipinski definition) is 4. The van der Waals surface area contributed by atoms with Crippen molar-refractivity contribution in [3.63, 3.8) is 0 Å². The quantitative estimate of drug-likeness (QED) is 0.736. The molecule has 124 valence electrons. The van der Waals surface area contributed by atoms with Crippen LogP contribution in [0.3, 0.4) is 0 Å². The highest BCUT2D eigenvalue weighted by Gasteiger charge is 2.22. The van der Waals surface area contributed by atoms with Gasteiger partial charge in [0.1, 0.15) is 11.3 Å². The van der Waals surface area contributed by atoms with E-state index in [-0.39, 0.29) is 18.3 Å². The number of imidazole rings is 1. The van der Waals surface area contributed by atoms with E-state index >= 15 is 0 Å². The molecule has 23 heavy (non-hydrogen) atoms. The van der Waals surface area contributed by atoms with Crippen LogP contribution in [0.25, 0.3) is 5.65 Å². The van der Waals surface area contributed by atoms with Gasteiger partial charge in [-0.3, -0.25) is 14.0 Å². The number of rotatable bonds is 7. The fourth-order valence-corrected chi connectivity index (χ4v) is 2.57. The zero-order valence-electron chi connectivity index (χ0n) is 13.9. The summed E-state index contributed by atoms with van der Waals surface area (Å²) in [6.45, 7) is 6.91. The van der Waals surface area contributed by atoms with Gasteiger partial charge < -0.3 is 9.64 Å². The highest BCUT2D eigenvalue weighted by molar-refractivity contribution is 5.94. The van der Waals surface area contributed by atoms with Crippen LogP contribution < -0.4 is 0 Å². The number of carbonyl (C=O) groups excluding carboxylic acids is 2. The van der Waals surface area contributed by atoms with Gasteiger partial charge >= 0.3 is 5.97 Å². The Hall–Kier alpha value is -2.37. The summed E-state index contributed by atoms with van der Waals surface area (Å²) in [4.78, 5) is 30.6. The van der Waals surface area contributed by atoms with Crippen molar-refractivity contribution in [3.05, 3.63) is 35.8 Å². The Morgan fingerprint density at radius 1 is 1.26 bits per heavy atom. The highest BCUT2D eigenvalue weighted by atomic mass is 16.5. The van der Waals surface area contributed by atoms with Gasteiger partial charge in [0.25, 0.3) is 5.91 Å². The van der Waals surface area contributed by atoms with Crippen molar-refractivity contribution < 1.29 is 14.3 Å². The Bertz CT molecular complexity index is 693. The standard InChI is InChI=1S/C17H23N3O3/c1-4-10-19(12-9-15(21)23-5-2)17(22)16-13(3)18-14-8-6-7-11-20(14)16/h6-8,11H,4-5,9-10,12H2,1-3H3. The average Bonchev–Trinajstić information content (AvgIpc) is 2.86. The van der Waals surface area contributed by atoms with Crippen molar-refractivity contribution in [3.8, 4) is 0 Å². The number of pyridine rings is 1. The number of amides is 1. The lowest BCUT2D eigenvalue weighted by molar-refractivity contribution is -0.143. The summed E-state index contributed by atoms with van der Waals surface area (Å²) >= 11 is 0. The van der Waals surface area contributed by atoms with Crippen LogP contribution in [0.2, 0.25) is 0 Å². The van der Waals surface area contributed by atoms with E-state index in [1.54, 1.807) is 16.2 Å². The maximum Gasteiger partial charge on any atom is 0.307 e. The molecule has 0 aliphatic rings. The van der Waals surface area contributed by atoms with Crippen molar-refractivity contribution >= 4 is 17.5 Å². The number of hydrogen-bond donors (Lipinski definition) is 0. The van der Waals surface area contributed by atoms with E-state index in [2.05, 4.69) is 4.98 Å². The zero-order valence-corrected chi connectivity index (χ0v) is 13.9. The first kappa shape index (κ1) is 17.0. The zero-order chi connectivity index (χ0) is 16.8. The first-order chi connectivity index (χ1) is 11.1. The molecule has 0 spiro atoms. The first-order valence-corrected chi connectivity index (χ1v) is 7.97. The van der Waals surface area contributed by atoms with Gasteiger partial charge in [-0.05, 0) is 32.4 Å². The summed E-state index contributed by atoms with van der Waals surface area (Å²) in [5.74, 6) is -0.386. The second kappa shape index (κ2) is 7.76. The summed E-state index contributed by atoms with van der Waals surface area (Å²) in [5.41, 5.74) is 1.99. The maximum absolute atomic E-state index is 12.9. The fourth-order valence-electron chi connectivity index (χ4n) is 2.57. The molecule has 2 aromatic rings. The third-order valence-electron chi connectivity index (χ3n) is 3.58. The lowest BCUT2D eigenvalue weighted by atomic mass is 10.2. The Kier molecular flexibility index (Phi) is 5.73. The Balaban J connectivity index is 2.22. The Morgan fingerprint density at radius 2 is 2.04 bits per heavy atom. The van der Waals surface area contributed by atoms with Crippen LogP contribution in [0, 0.1) is 6.92 Å². The minimum absolute atomic E-state index is 0.104. The maximum atomic E-state index is 12.9. The third-order valence-corrected chi connectivity index (χ3v) is 3.58. The van der Waals surface area contributed by atoms with E-state index in [1.165, 1.54) is 0 Å². The molecule has 2 aromatic heterocycles. The number of nitrogens with zero attached hydrogens (tertiary/aromatic N) is 3. The van der Waals surface area contributed by atoms with Gasteiger partial charge in [0.2, 0.25) is 0 Å². The molecule has 0 aliphatic heterocycles. The van der Waals surface area contributed by atoms with Crippen molar-refractivity contribution in [1.29, 1.82) is 0 Å². The molecule has 0 saturated heterocycles. The van der Waals surface area contributed by atoms with Gasteiger partial charge in [0, 0.05) is 19.3 Å². The summed E-state index contributed by atoms with van der Waals surface area (Å²) in [5, 5.41) is 0. The van der Waals surface area contributed by atoms with E-state index in [0.717, 1.165) is 12.1 Å². The van der Waals surface area contributed by atoms with Crippen molar-refractivity contribution in [2.45, 2.75) is 33.6 Å². The summed E-state index contributed by atoms with van der Waals surface area (Å²) < 4.78 is 6.74. The minimum Gasteiger partial charge on any atom is -0.466 e. The number of aromatic nitrogens is 2. The monoisotopic (exact) mass is 317 g/mol. The van der Waals surface area contributed by atoms with E-state index in [1.807, 2.05) is 38.2 Å². The summed E-state index contributed by atoms with van der Waals surface area (Å²) in [6.07, 6.45) is 2.86. The summed E-state index contributed by atoms with van der Waals surface area (Å²) in [6, 6.07) is 5.63. The molecule has 0 N–H and O–H groups in total. The molecule has 6 heteroatoms. The molecule has 2 heterocycles. The second-order valence-corrected chi connectivity index (χ2v) is 5.32. The largest absolute Gasteiger partial charge is 0.466 e. The van der Waals surface area contributed by atoms with Crippen molar-refractivity contribution in [2.24, 2.45) is 0 Å². The van der Waals surface area contributed by atoms with E-state index in [9.17, 15) is 9.59 Å². The number of esters is 1. The van der Waals surface area contributed by atoms with E-state index in [4.69, 9.17) is 4.74 Å². The van der Waals surface area contributed by atoms with Crippen LogP contribution in [0.5, 0.6) is 0 Å². The molecule has 6 nitrogen and oxygen atoms in total. The molecule has 2 rings (SSSR count). The molecule has 0 saturated carbocycles. The van der Waals surface area contributed by atoms with E-state index in [0.29, 0.717) is 31.1 Å². The molecule has 0 atom stereocenters. The molecular weight excluding hydrogens is 294 g/mol. The lowest BCUT2D eigenvalue weighted by Crippen LogP contribution is -2.35.